The molecule has 0 unspecified atom stereocenters. The maximum atomic E-state index is 6.17. The van der Waals surface area contributed by atoms with Crippen molar-refractivity contribution >= 4 is 40.7 Å². The third-order valence-corrected chi connectivity index (χ3v) is 4.67. The number of rotatable bonds is 2. The highest BCUT2D eigenvalue weighted by Gasteiger charge is 2.09. The molecule has 2 rings (SSSR count). The van der Waals surface area contributed by atoms with Gasteiger partial charge in [0.15, 0.2) is 0 Å². The van der Waals surface area contributed by atoms with Gasteiger partial charge in [-0.2, -0.15) is 0 Å². The third kappa shape index (κ3) is 2.94. The number of nitrogens with two attached hydrogens (primary N) is 1. The molecule has 0 aliphatic rings. The maximum absolute atomic E-state index is 6.17. The lowest BCUT2D eigenvalue weighted by Gasteiger charge is -2.09. The van der Waals surface area contributed by atoms with E-state index in [1.165, 1.54) is 11.1 Å². The molecule has 0 saturated heterocycles. The van der Waals surface area contributed by atoms with Crippen LogP contribution < -0.4 is 5.73 Å². The standard InChI is InChI=1S/C14H13Cl2NS/c1-8-3-4-11(5-9(8)2)18-14-12(15)6-10(17)7-13(14)16/h3-7H,17H2,1-2H3. The molecule has 2 N–H and O–H groups in total. The van der Waals surface area contributed by atoms with Gasteiger partial charge in [-0.15, -0.1) is 0 Å². The van der Waals surface area contributed by atoms with Crippen LogP contribution in [0.5, 0.6) is 0 Å². The molecule has 0 saturated carbocycles. The third-order valence-electron chi connectivity index (χ3n) is 2.72. The summed E-state index contributed by atoms with van der Waals surface area (Å²) in [5.41, 5.74) is 8.79. The van der Waals surface area contributed by atoms with E-state index in [1.54, 1.807) is 23.9 Å². The Morgan fingerprint density at radius 2 is 1.56 bits per heavy atom. The second-order valence-electron chi connectivity index (χ2n) is 4.16. The lowest BCUT2D eigenvalue weighted by molar-refractivity contribution is 1.27. The van der Waals surface area contributed by atoms with Crippen molar-refractivity contribution < 1.29 is 0 Å². The molecule has 0 aromatic heterocycles. The number of halogens is 2. The van der Waals surface area contributed by atoms with E-state index < -0.39 is 0 Å². The topological polar surface area (TPSA) is 26.0 Å². The quantitative estimate of drug-likeness (QED) is 0.757. The number of hydrogen-bond acceptors (Lipinski definition) is 2. The highest BCUT2D eigenvalue weighted by molar-refractivity contribution is 7.99. The minimum Gasteiger partial charge on any atom is -0.399 e. The van der Waals surface area contributed by atoms with Gasteiger partial charge in [0.2, 0.25) is 0 Å². The summed E-state index contributed by atoms with van der Waals surface area (Å²) in [6.07, 6.45) is 0. The monoisotopic (exact) mass is 297 g/mol. The Labute approximate surface area is 121 Å². The summed E-state index contributed by atoms with van der Waals surface area (Å²) >= 11 is 13.9. The summed E-state index contributed by atoms with van der Waals surface area (Å²) in [5.74, 6) is 0. The van der Waals surface area contributed by atoms with Crippen molar-refractivity contribution in [2.24, 2.45) is 0 Å². The Bertz CT molecular complexity index is 573. The van der Waals surface area contributed by atoms with Gasteiger partial charge in [0.25, 0.3) is 0 Å². The number of nitrogen functional groups attached to an aromatic ring is 1. The van der Waals surface area contributed by atoms with Gasteiger partial charge in [0, 0.05) is 15.5 Å². The molecule has 0 radical (unpaired) electrons. The van der Waals surface area contributed by atoms with Crippen LogP contribution in [0, 0.1) is 13.8 Å². The largest absolute Gasteiger partial charge is 0.399 e. The van der Waals surface area contributed by atoms with Gasteiger partial charge in [-0.05, 0) is 49.2 Å². The van der Waals surface area contributed by atoms with Gasteiger partial charge >= 0.3 is 0 Å². The van der Waals surface area contributed by atoms with Crippen molar-refractivity contribution in [3.05, 3.63) is 51.5 Å². The predicted octanol–water partition coefficient (Wildman–Crippen LogP) is 5.34. The SMILES string of the molecule is Cc1ccc(Sc2c(Cl)cc(N)cc2Cl)cc1C. The maximum Gasteiger partial charge on any atom is 0.0581 e. The summed E-state index contributed by atoms with van der Waals surface area (Å²) in [4.78, 5) is 1.96. The molecule has 94 valence electrons. The van der Waals surface area contributed by atoms with Crippen LogP contribution in [0.4, 0.5) is 5.69 Å². The second kappa shape index (κ2) is 5.43. The average Bonchev–Trinajstić information content (AvgIpc) is 2.28. The molecule has 0 spiro atoms. The molecule has 1 nitrogen and oxygen atoms in total. The van der Waals surface area contributed by atoms with Gasteiger partial charge in [-0.25, -0.2) is 0 Å². The number of aryl methyl sites for hydroxylation is 2. The fraction of sp³-hybridized carbons (Fsp3) is 0.143. The molecule has 0 amide bonds. The highest BCUT2D eigenvalue weighted by atomic mass is 35.5. The minimum atomic E-state index is 0.578. The zero-order valence-electron chi connectivity index (χ0n) is 10.1. The molecule has 0 heterocycles. The van der Waals surface area contributed by atoms with Gasteiger partial charge < -0.3 is 5.73 Å². The first-order valence-corrected chi connectivity index (χ1v) is 7.04. The molecule has 4 heteroatoms. The van der Waals surface area contributed by atoms with Crippen LogP contribution in [-0.2, 0) is 0 Å². The van der Waals surface area contributed by atoms with Gasteiger partial charge in [0.05, 0.1) is 10.0 Å². The Morgan fingerprint density at radius 3 is 2.11 bits per heavy atom. The van der Waals surface area contributed by atoms with E-state index in [-0.39, 0.29) is 0 Å². The van der Waals surface area contributed by atoms with Crippen LogP contribution in [0.3, 0.4) is 0 Å². The summed E-state index contributed by atoms with van der Waals surface area (Å²) in [6, 6.07) is 9.73. The van der Waals surface area contributed by atoms with Crippen LogP contribution in [-0.4, -0.2) is 0 Å². The van der Waals surface area contributed by atoms with Crippen LogP contribution >= 0.6 is 35.0 Å². The van der Waals surface area contributed by atoms with Gasteiger partial charge in [-0.1, -0.05) is 41.0 Å². The van der Waals surface area contributed by atoms with Crippen LogP contribution in [0.15, 0.2) is 40.1 Å². The zero-order valence-corrected chi connectivity index (χ0v) is 12.5. The first-order valence-electron chi connectivity index (χ1n) is 5.47. The van der Waals surface area contributed by atoms with Gasteiger partial charge in [0.1, 0.15) is 0 Å². The van der Waals surface area contributed by atoms with Crippen molar-refractivity contribution in [1.29, 1.82) is 0 Å². The lowest BCUT2D eigenvalue weighted by atomic mass is 10.1. The normalized spacial score (nSPS) is 10.7. The van der Waals surface area contributed by atoms with E-state index in [9.17, 15) is 0 Å². The van der Waals surface area contributed by atoms with Crippen molar-refractivity contribution in [3.8, 4) is 0 Å². The van der Waals surface area contributed by atoms with E-state index in [0.717, 1.165) is 9.79 Å². The Balaban J connectivity index is 2.37. The molecule has 2 aromatic carbocycles. The van der Waals surface area contributed by atoms with E-state index in [4.69, 9.17) is 28.9 Å². The van der Waals surface area contributed by atoms with E-state index in [2.05, 4.69) is 32.0 Å². The Morgan fingerprint density at radius 1 is 0.944 bits per heavy atom. The molecular weight excluding hydrogens is 285 g/mol. The lowest BCUT2D eigenvalue weighted by Crippen LogP contribution is -1.87. The zero-order chi connectivity index (χ0) is 13.3. The molecule has 0 aliphatic carbocycles. The van der Waals surface area contributed by atoms with E-state index >= 15 is 0 Å². The second-order valence-corrected chi connectivity index (χ2v) is 6.06. The van der Waals surface area contributed by atoms with Crippen molar-refractivity contribution in [1.82, 2.24) is 0 Å². The number of hydrogen-bond donors (Lipinski definition) is 1. The van der Waals surface area contributed by atoms with E-state index in [1.807, 2.05) is 0 Å². The predicted molar refractivity (Wildman–Crippen MR) is 80.9 cm³/mol. The molecule has 2 aromatic rings. The molecule has 0 bridgehead atoms. The van der Waals surface area contributed by atoms with Crippen LogP contribution in [0.2, 0.25) is 10.0 Å². The first kappa shape index (κ1) is 13.6. The summed E-state index contributed by atoms with van der Waals surface area (Å²) in [5, 5.41) is 1.17. The highest BCUT2D eigenvalue weighted by Crippen LogP contribution is 2.40. The summed E-state index contributed by atoms with van der Waals surface area (Å²) < 4.78 is 0. The number of benzene rings is 2. The van der Waals surface area contributed by atoms with E-state index in [0.29, 0.717) is 15.7 Å². The Hall–Kier alpha value is -0.830. The molecule has 0 aliphatic heterocycles. The Kier molecular flexibility index (Phi) is 4.10. The molecule has 18 heavy (non-hydrogen) atoms. The van der Waals surface area contributed by atoms with Crippen LogP contribution in [0.25, 0.3) is 0 Å². The van der Waals surface area contributed by atoms with Crippen LogP contribution in [0.1, 0.15) is 11.1 Å². The number of anilines is 1. The summed E-state index contributed by atoms with van der Waals surface area (Å²) in [6.45, 7) is 4.18. The summed E-state index contributed by atoms with van der Waals surface area (Å²) in [7, 11) is 0. The van der Waals surface area contributed by atoms with Crippen molar-refractivity contribution in [3.63, 3.8) is 0 Å². The minimum absolute atomic E-state index is 0.578. The first-order chi connectivity index (χ1) is 8.47. The molecule has 0 atom stereocenters. The smallest absolute Gasteiger partial charge is 0.0581 e. The van der Waals surface area contributed by atoms with Crippen molar-refractivity contribution in [2.45, 2.75) is 23.6 Å². The molecule has 0 fully saturated rings. The molecular formula is C14H13Cl2NS. The fourth-order valence-corrected chi connectivity index (χ4v) is 3.23. The fourth-order valence-electron chi connectivity index (χ4n) is 1.57. The average molecular weight is 298 g/mol. The van der Waals surface area contributed by atoms with Gasteiger partial charge in [-0.3, -0.25) is 0 Å². The van der Waals surface area contributed by atoms with Crippen molar-refractivity contribution in [2.75, 3.05) is 5.73 Å².